The Kier molecular flexibility index (Phi) is 3.00. The average Bonchev–Trinajstić information content (AvgIpc) is 3.24. The molecule has 0 saturated heterocycles. The summed E-state index contributed by atoms with van der Waals surface area (Å²) < 4.78 is 9.35. The van der Waals surface area contributed by atoms with Gasteiger partial charge < -0.3 is 8.98 Å². The first-order valence-corrected chi connectivity index (χ1v) is 7.15. The van der Waals surface area contributed by atoms with Crippen LogP contribution in [0.25, 0.3) is 22.4 Å². The highest BCUT2D eigenvalue weighted by Gasteiger charge is 2.08. The first-order chi connectivity index (χ1) is 10.8. The maximum atomic E-state index is 5.38. The lowest BCUT2D eigenvalue weighted by molar-refractivity contribution is 0.521. The van der Waals surface area contributed by atoms with Crippen molar-refractivity contribution in [2.24, 2.45) is 0 Å². The Balaban J connectivity index is 1.61. The number of nitrogens with zero attached hydrogens (tertiary/aromatic N) is 5. The lowest BCUT2D eigenvalue weighted by atomic mass is 10.1. The van der Waals surface area contributed by atoms with Crippen LogP contribution in [-0.2, 0) is 13.1 Å². The molecule has 0 fully saturated rings. The van der Waals surface area contributed by atoms with Crippen LogP contribution in [0.15, 0.2) is 53.5 Å². The van der Waals surface area contributed by atoms with Gasteiger partial charge in [0.05, 0.1) is 18.5 Å². The summed E-state index contributed by atoms with van der Waals surface area (Å²) in [5, 5.41) is 9.16. The van der Waals surface area contributed by atoms with E-state index in [2.05, 4.69) is 25.9 Å². The molecule has 0 aliphatic carbocycles. The highest BCUT2D eigenvalue weighted by atomic mass is 16.3. The molecular formula is C16H15N5O. The van der Waals surface area contributed by atoms with E-state index in [4.69, 9.17) is 4.42 Å². The zero-order valence-electron chi connectivity index (χ0n) is 12.2. The van der Waals surface area contributed by atoms with Gasteiger partial charge in [-0.3, -0.25) is 4.68 Å². The SMILES string of the molecule is Cc1cn(CCn2ccnc2-c2ccc3occc3c2)nn1. The van der Waals surface area contributed by atoms with Crippen LogP contribution in [0, 0.1) is 6.92 Å². The molecular weight excluding hydrogens is 278 g/mol. The highest BCUT2D eigenvalue weighted by molar-refractivity contribution is 5.82. The maximum absolute atomic E-state index is 5.38. The van der Waals surface area contributed by atoms with Crippen molar-refractivity contribution in [2.45, 2.75) is 20.0 Å². The predicted octanol–water partition coefficient (Wildman–Crippen LogP) is 2.90. The van der Waals surface area contributed by atoms with E-state index in [1.807, 2.05) is 48.4 Å². The molecule has 0 atom stereocenters. The van der Waals surface area contributed by atoms with Crippen molar-refractivity contribution < 1.29 is 4.42 Å². The fourth-order valence-corrected chi connectivity index (χ4v) is 2.57. The number of rotatable bonds is 4. The molecule has 0 aliphatic rings. The predicted molar refractivity (Wildman–Crippen MR) is 82.2 cm³/mol. The van der Waals surface area contributed by atoms with E-state index < -0.39 is 0 Å². The van der Waals surface area contributed by atoms with Gasteiger partial charge in [-0.25, -0.2) is 4.98 Å². The zero-order chi connectivity index (χ0) is 14.9. The summed E-state index contributed by atoms with van der Waals surface area (Å²) >= 11 is 0. The Hall–Kier alpha value is -2.89. The summed E-state index contributed by atoms with van der Waals surface area (Å²) in [4.78, 5) is 4.48. The second-order valence-corrected chi connectivity index (χ2v) is 5.24. The highest BCUT2D eigenvalue weighted by Crippen LogP contribution is 2.24. The summed E-state index contributed by atoms with van der Waals surface area (Å²) in [6.07, 6.45) is 7.45. The van der Waals surface area contributed by atoms with Crippen LogP contribution in [0.1, 0.15) is 5.69 Å². The van der Waals surface area contributed by atoms with E-state index in [0.717, 1.165) is 41.1 Å². The number of furan rings is 1. The fourth-order valence-electron chi connectivity index (χ4n) is 2.57. The molecule has 3 aromatic heterocycles. The molecule has 0 N–H and O–H groups in total. The lowest BCUT2D eigenvalue weighted by Gasteiger charge is -2.08. The normalized spacial score (nSPS) is 11.3. The van der Waals surface area contributed by atoms with Gasteiger partial charge in [-0.05, 0) is 31.2 Å². The number of fused-ring (bicyclic) bond motifs is 1. The number of benzene rings is 1. The van der Waals surface area contributed by atoms with Crippen LogP contribution in [0.2, 0.25) is 0 Å². The average molecular weight is 293 g/mol. The Morgan fingerprint density at radius 1 is 1.18 bits per heavy atom. The Morgan fingerprint density at radius 3 is 3.00 bits per heavy atom. The quantitative estimate of drug-likeness (QED) is 0.580. The van der Waals surface area contributed by atoms with Crippen molar-refractivity contribution in [3.63, 3.8) is 0 Å². The summed E-state index contributed by atoms with van der Waals surface area (Å²) in [6, 6.07) is 8.07. The van der Waals surface area contributed by atoms with Gasteiger partial charge >= 0.3 is 0 Å². The third-order valence-corrected chi connectivity index (χ3v) is 3.65. The van der Waals surface area contributed by atoms with Crippen LogP contribution >= 0.6 is 0 Å². The van der Waals surface area contributed by atoms with E-state index >= 15 is 0 Å². The number of hydrogen-bond donors (Lipinski definition) is 0. The maximum Gasteiger partial charge on any atom is 0.139 e. The standard InChI is InChI=1S/C16H15N5O/c1-12-11-21(19-18-12)8-7-20-6-5-17-16(20)14-2-3-15-13(10-14)4-9-22-15/h2-6,9-11H,7-8H2,1H3. The summed E-state index contributed by atoms with van der Waals surface area (Å²) in [5.74, 6) is 0.944. The molecule has 0 bridgehead atoms. The molecule has 0 saturated carbocycles. The van der Waals surface area contributed by atoms with Gasteiger partial charge in [-0.15, -0.1) is 5.10 Å². The Morgan fingerprint density at radius 2 is 2.14 bits per heavy atom. The van der Waals surface area contributed by atoms with Crippen molar-refractivity contribution in [3.8, 4) is 11.4 Å². The molecule has 110 valence electrons. The van der Waals surface area contributed by atoms with Crippen molar-refractivity contribution in [1.82, 2.24) is 24.5 Å². The van der Waals surface area contributed by atoms with E-state index in [9.17, 15) is 0 Å². The number of aryl methyl sites for hydroxylation is 3. The van der Waals surface area contributed by atoms with Gasteiger partial charge in [0.2, 0.25) is 0 Å². The van der Waals surface area contributed by atoms with Crippen LogP contribution in [-0.4, -0.2) is 24.5 Å². The molecule has 0 amide bonds. The van der Waals surface area contributed by atoms with Gasteiger partial charge in [0.25, 0.3) is 0 Å². The van der Waals surface area contributed by atoms with Crippen molar-refractivity contribution in [3.05, 3.63) is 54.8 Å². The minimum Gasteiger partial charge on any atom is -0.464 e. The van der Waals surface area contributed by atoms with Gasteiger partial charge in [0, 0.05) is 36.1 Å². The molecule has 6 heteroatoms. The van der Waals surface area contributed by atoms with Crippen molar-refractivity contribution in [2.75, 3.05) is 0 Å². The monoisotopic (exact) mass is 293 g/mol. The fraction of sp³-hybridized carbons (Fsp3) is 0.188. The first kappa shape index (κ1) is 12.8. The second-order valence-electron chi connectivity index (χ2n) is 5.24. The molecule has 0 radical (unpaired) electrons. The number of imidazole rings is 1. The van der Waals surface area contributed by atoms with E-state index in [1.54, 1.807) is 6.26 Å². The number of hydrogen-bond acceptors (Lipinski definition) is 4. The van der Waals surface area contributed by atoms with Crippen molar-refractivity contribution in [1.29, 1.82) is 0 Å². The zero-order valence-corrected chi connectivity index (χ0v) is 12.2. The molecule has 0 aliphatic heterocycles. The minimum absolute atomic E-state index is 0.762. The van der Waals surface area contributed by atoms with E-state index in [-0.39, 0.29) is 0 Å². The smallest absolute Gasteiger partial charge is 0.139 e. The molecule has 22 heavy (non-hydrogen) atoms. The molecule has 1 aromatic carbocycles. The molecule has 6 nitrogen and oxygen atoms in total. The third-order valence-electron chi connectivity index (χ3n) is 3.65. The molecule has 0 unspecified atom stereocenters. The van der Waals surface area contributed by atoms with Crippen LogP contribution < -0.4 is 0 Å². The van der Waals surface area contributed by atoms with Crippen LogP contribution in [0.5, 0.6) is 0 Å². The molecule has 0 spiro atoms. The second kappa shape index (κ2) is 5.14. The molecule has 3 heterocycles. The third kappa shape index (κ3) is 2.28. The van der Waals surface area contributed by atoms with Crippen LogP contribution in [0.3, 0.4) is 0 Å². The number of aromatic nitrogens is 5. The first-order valence-electron chi connectivity index (χ1n) is 7.15. The van der Waals surface area contributed by atoms with E-state index in [0.29, 0.717) is 0 Å². The Labute approximate surface area is 127 Å². The summed E-state index contributed by atoms with van der Waals surface area (Å²) in [7, 11) is 0. The van der Waals surface area contributed by atoms with Gasteiger partial charge in [0.15, 0.2) is 0 Å². The molecule has 4 rings (SSSR count). The van der Waals surface area contributed by atoms with Crippen molar-refractivity contribution >= 4 is 11.0 Å². The van der Waals surface area contributed by atoms with Gasteiger partial charge in [-0.1, -0.05) is 5.21 Å². The minimum atomic E-state index is 0.762. The van der Waals surface area contributed by atoms with Crippen LogP contribution in [0.4, 0.5) is 0 Å². The van der Waals surface area contributed by atoms with Gasteiger partial charge in [0.1, 0.15) is 11.4 Å². The van der Waals surface area contributed by atoms with Gasteiger partial charge in [-0.2, -0.15) is 0 Å². The lowest BCUT2D eigenvalue weighted by Crippen LogP contribution is -2.08. The summed E-state index contributed by atoms with van der Waals surface area (Å²) in [5.41, 5.74) is 2.89. The topological polar surface area (TPSA) is 61.7 Å². The largest absolute Gasteiger partial charge is 0.464 e. The molecule has 4 aromatic rings. The Bertz CT molecular complexity index is 917. The summed E-state index contributed by atoms with van der Waals surface area (Å²) in [6.45, 7) is 3.49. The van der Waals surface area contributed by atoms with E-state index in [1.165, 1.54) is 0 Å².